The first-order valence-electron chi connectivity index (χ1n) is 15.3. The molecule has 210 valence electrons. The van der Waals surface area contributed by atoms with Crippen LogP contribution in [0.5, 0.6) is 0 Å². The highest BCUT2D eigenvalue weighted by Crippen LogP contribution is 2.49. The molecule has 2 unspecified atom stereocenters. The van der Waals surface area contributed by atoms with Crippen LogP contribution in [0.15, 0.2) is 47.2 Å². The Morgan fingerprint density at radius 3 is 2.60 bits per heavy atom. The van der Waals surface area contributed by atoms with Crippen molar-refractivity contribution in [3.8, 4) is 0 Å². The molecule has 0 N–H and O–H groups in total. The lowest BCUT2D eigenvalue weighted by atomic mass is 9.83. The standard InChI is InChI=1S/C34H41N3O3/c1-21(2)40-28-9-7-26-16-25(5-6-27(26)17-28)24-8-10-29(22(3)15-24)30-35-34(13-14-34)32(39)37(30)20-23-18-36(19-23)31(38)33(4)11-12-33/h5-6,8,10,15-17,21-23,29H,7,9,11-14,18-20H2,1-4H3. The third kappa shape index (κ3) is 4.44. The molecule has 7 rings (SSSR count). The van der Waals surface area contributed by atoms with E-state index in [1.807, 2.05) is 9.80 Å². The fraction of sp³-hybridized carbons (Fsp3) is 0.559. The van der Waals surface area contributed by atoms with Gasteiger partial charge in [0.2, 0.25) is 5.91 Å². The van der Waals surface area contributed by atoms with Crippen LogP contribution in [-0.4, -0.2) is 58.7 Å². The Morgan fingerprint density at radius 1 is 1.15 bits per heavy atom. The molecule has 1 saturated heterocycles. The molecule has 2 amide bonds. The van der Waals surface area contributed by atoms with Crippen molar-refractivity contribution in [2.24, 2.45) is 28.2 Å². The summed E-state index contributed by atoms with van der Waals surface area (Å²) in [4.78, 5) is 35.3. The Bertz CT molecular complexity index is 1380. The first kappa shape index (κ1) is 25.8. The summed E-state index contributed by atoms with van der Waals surface area (Å²) in [6.45, 7) is 10.7. The summed E-state index contributed by atoms with van der Waals surface area (Å²) in [5, 5.41) is 0. The molecule has 1 aromatic carbocycles. The van der Waals surface area contributed by atoms with Gasteiger partial charge in [0.15, 0.2) is 0 Å². The minimum atomic E-state index is -0.502. The van der Waals surface area contributed by atoms with E-state index in [4.69, 9.17) is 9.73 Å². The zero-order valence-electron chi connectivity index (χ0n) is 24.3. The molecule has 6 heteroatoms. The average molecular weight is 540 g/mol. The second-order valence-electron chi connectivity index (χ2n) is 13.6. The van der Waals surface area contributed by atoms with Crippen molar-refractivity contribution in [2.45, 2.75) is 77.9 Å². The molecule has 2 aliphatic heterocycles. The zero-order chi connectivity index (χ0) is 27.8. The Hall–Kier alpha value is -3.15. The van der Waals surface area contributed by atoms with E-state index in [-0.39, 0.29) is 29.3 Å². The van der Waals surface area contributed by atoms with E-state index in [0.29, 0.717) is 18.4 Å². The van der Waals surface area contributed by atoms with Crippen molar-refractivity contribution >= 4 is 29.3 Å². The van der Waals surface area contributed by atoms with Crippen molar-refractivity contribution in [3.63, 3.8) is 0 Å². The van der Waals surface area contributed by atoms with Crippen molar-refractivity contribution in [1.82, 2.24) is 9.80 Å². The summed E-state index contributed by atoms with van der Waals surface area (Å²) in [5.41, 5.74) is 4.48. The number of ether oxygens (including phenoxy) is 1. The number of rotatable bonds is 7. The maximum Gasteiger partial charge on any atom is 0.255 e. The van der Waals surface area contributed by atoms with E-state index >= 15 is 0 Å². The summed E-state index contributed by atoms with van der Waals surface area (Å²) < 4.78 is 5.95. The van der Waals surface area contributed by atoms with Gasteiger partial charge in [-0.3, -0.25) is 19.5 Å². The van der Waals surface area contributed by atoms with Gasteiger partial charge in [0.1, 0.15) is 11.4 Å². The van der Waals surface area contributed by atoms with Gasteiger partial charge in [-0.25, -0.2) is 0 Å². The van der Waals surface area contributed by atoms with Gasteiger partial charge in [-0.05, 0) is 80.2 Å². The lowest BCUT2D eigenvalue weighted by Gasteiger charge is -2.43. The molecule has 2 heterocycles. The summed E-state index contributed by atoms with van der Waals surface area (Å²) in [6.07, 6.45) is 14.9. The number of amidine groups is 1. The largest absolute Gasteiger partial charge is 0.495 e. The second kappa shape index (κ2) is 9.19. The number of benzene rings is 1. The highest BCUT2D eigenvalue weighted by Gasteiger charge is 2.59. The van der Waals surface area contributed by atoms with Gasteiger partial charge in [-0.15, -0.1) is 0 Å². The molecule has 2 saturated carbocycles. The molecule has 1 spiro atoms. The molecule has 2 atom stereocenters. The number of amides is 2. The number of aliphatic imine (C=N–C) groups is 1. The van der Waals surface area contributed by atoms with Crippen LogP contribution in [0.1, 0.15) is 76.5 Å². The third-order valence-corrected chi connectivity index (χ3v) is 9.78. The molecule has 0 bridgehead atoms. The number of hydrogen-bond donors (Lipinski definition) is 0. The van der Waals surface area contributed by atoms with Gasteiger partial charge in [0.25, 0.3) is 5.91 Å². The molecule has 6 nitrogen and oxygen atoms in total. The smallest absolute Gasteiger partial charge is 0.255 e. The maximum absolute atomic E-state index is 13.5. The molecular formula is C34H41N3O3. The van der Waals surface area contributed by atoms with E-state index in [1.165, 1.54) is 22.3 Å². The van der Waals surface area contributed by atoms with Gasteiger partial charge in [-0.2, -0.15) is 0 Å². The topological polar surface area (TPSA) is 62.2 Å². The summed E-state index contributed by atoms with van der Waals surface area (Å²) in [7, 11) is 0. The predicted molar refractivity (Wildman–Crippen MR) is 157 cm³/mol. The SMILES string of the molecule is CC(C)OC1=Cc2ccc(C3=CC(C)C(C4=NC5(CC5)C(=O)N4CC4CN(C(=O)C5(C)CC5)C4)C=C3)cc2CC1. The van der Waals surface area contributed by atoms with E-state index in [0.717, 1.165) is 63.2 Å². The fourth-order valence-corrected chi connectivity index (χ4v) is 6.83. The van der Waals surface area contributed by atoms with E-state index < -0.39 is 5.54 Å². The number of nitrogens with zero attached hydrogens (tertiary/aromatic N) is 3. The first-order valence-corrected chi connectivity index (χ1v) is 15.3. The number of aryl methyl sites for hydroxylation is 1. The van der Waals surface area contributed by atoms with Crippen molar-refractivity contribution < 1.29 is 14.3 Å². The lowest BCUT2D eigenvalue weighted by molar-refractivity contribution is -0.143. The van der Waals surface area contributed by atoms with Gasteiger partial charge in [0.05, 0.1) is 11.9 Å². The quantitative estimate of drug-likeness (QED) is 0.451. The summed E-state index contributed by atoms with van der Waals surface area (Å²) in [6, 6.07) is 6.76. The predicted octanol–water partition coefficient (Wildman–Crippen LogP) is 5.64. The molecule has 3 fully saturated rings. The van der Waals surface area contributed by atoms with Crippen LogP contribution >= 0.6 is 0 Å². The summed E-state index contributed by atoms with van der Waals surface area (Å²) >= 11 is 0. The lowest BCUT2D eigenvalue weighted by Crippen LogP contribution is -2.57. The van der Waals surface area contributed by atoms with Gasteiger partial charge >= 0.3 is 0 Å². The van der Waals surface area contributed by atoms with Crippen LogP contribution < -0.4 is 0 Å². The normalized spacial score (nSPS) is 27.7. The molecule has 1 aromatic rings. The van der Waals surface area contributed by atoms with Crippen LogP contribution in [-0.2, 0) is 20.7 Å². The van der Waals surface area contributed by atoms with Crippen molar-refractivity contribution in [3.05, 3.63) is 58.9 Å². The van der Waals surface area contributed by atoms with Crippen LogP contribution in [0.2, 0.25) is 0 Å². The van der Waals surface area contributed by atoms with E-state index in [1.54, 1.807) is 0 Å². The zero-order valence-corrected chi connectivity index (χ0v) is 24.3. The van der Waals surface area contributed by atoms with Crippen LogP contribution in [0.25, 0.3) is 11.6 Å². The van der Waals surface area contributed by atoms with E-state index in [2.05, 4.69) is 70.2 Å². The Balaban J connectivity index is 1.05. The van der Waals surface area contributed by atoms with Gasteiger partial charge in [-0.1, -0.05) is 50.3 Å². The first-order chi connectivity index (χ1) is 19.1. The highest BCUT2D eigenvalue weighted by atomic mass is 16.5. The maximum atomic E-state index is 13.5. The average Bonchev–Trinajstić information content (AvgIpc) is 3.82. The van der Waals surface area contributed by atoms with Crippen LogP contribution in [0.4, 0.5) is 0 Å². The molecule has 0 radical (unpaired) electrons. The number of hydrogen-bond acceptors (Lipinski definition) is 4. The molecular weight excluding hydrogens is 498 g/mol. The Kier molecular flexibility index (Phi) is 5.92. The second-order valence-corrected chi connectivity index (χ2v) is 13.6. The number of allylic oxidation sites excluding steroid dienone is 4. The minimum absolute atomic E-state index is 0.0900. The van der Waals surface area contributed by atoms with Crippen LogP contribution in [0.3, 0.4) is 0 Å². The number of fused-ring (bicyclic) bond motifs is 1. The number of carbonyl (C=O) groups is 2. The third-order valence-electron chi connectivity index (χ3n) is 9.78. The van der Waals surface area contributed by atoms with Gasteiger partial charge < -0.3 is 9.64 Å². The molecule has 6 aliphatic rings. The Morgan fingerprint density at radius 2 is 1.93 bits per heavy atom. The van der Waals surface area contributed by atoms with E-state index in [9.17, 15) is 9.59 Å². The highest BCUT2D eigenvalue weighted by molar-refractivity contribution is 6.11. The monoisotopic (exact) mass is 539 g/mol. The number of likely N-dealkylation sites (tertiary alicyclic amines) is 1. The minimum Gasteiger partial charge on any atom is -0.495 e. The number of carbonyl (C=O) groups excluding carboxylic acids is 2. The molecule has 40 heavy (non-hydrogen) atoms. The Labute approximate surface area is 237 Å². The van der Waals surface area contributed by atoms with Crippen LogP contribution in [0, 0.1) is 23.2 Å². The molecule has 0 aromatic heterocycles. The van der Waals surface area contributed by atoms with Gasteiger partial charge in [0, 0.05) is 43.3 Å². The molecule has 4 aliphatic carbocycles. The summed E-state index contributed by atoms with van der Waals surface area (Å²) in [5.74, 6) is 3.15. The van der Waals surface area contributed by atoms with Crippen molar-refractivity contribution in [1.29, 1.82) is 0 Å². The van der Waals surface area contributed by atoms with Crippen molar-refractivity contribution in [2.75, 3.05) is 19.6 Å². The fourth-order valence-electron chi connectivity index (χ4n) is 6.83.